The van der Waals surface area contributed by atoms with Crippen molar-refractivity contribution < 1.29 is 9.59 Å². The molecule has 2 amide bonds. The van der Waals surface area contributed by atoms with Gasteiger partial charge in [0.25, 0.3) is 11.8 Å². The third kappa shape index (κ3) is 1.96. The Bertz CT molecular complexity index is 683. The van der Waals surface area contributed by atoms with Gasteiger partial charge in [0, 0.05) is 24.5 Å². The normalized spacial score (nSPS) is 15.4. The molecule has 0 unspecified atom stereocenters. The molecule has 3 heterocycles. The molecule has 96 valence electrons. The molecule has 6 heteroatoms. The first-order valence-corrected chi connectivity index (χ1v) is 6.53. The van der Waals surface area contributed by atoms with Gasteiger partial charge >= 0.3 is 0 Å². The number of rotatable bonds is 2. The summed E-state index contributed by atoms with van der Waals surface area (Å²) < 4.78 is 0. The molecule has 2 aromatic heterocycles. The average Bonchev–Trinajstić information content (AvgIpc) is 3.08. The van der Waals surface area contributed by atoms with Crippen molar-refractivity contribution in [2.75, 3.05) is 12.4 Å². The Kier molecular flexibility index (Phi) is 2.72. The summed E-state index contributed by atoms with van der Waals surface area (Å²) in [7, 11) is 1.58. The number of anilines is 1. The summed E-state index contributed by atoms with van der Waals surface area (Å²) in [5, 5.41) is 6.07. The predicted molar refractivity (Wildman–Crippen MR) is 75.0 cm³/mol. The van der Waals surface area contributed by atoms with Gasteiger partial charge in [0.1, 0.15) is 5.00 Å². The van der Waals surface area contributed by atoms with Crippen LogP contribution in [0.4, 0.5) is 5.00 Å². The minimum Gasteiger partial charge on any atom is -0.362 e. The first-order chi connectivity index (χ1) is 9.19. The van der Waals surface area contributed by atoms with Crippen LogP contribution in [0, 0.1) is 0 Å². The molecule has 19 heavy (non-hydrogen) atoms. The molecule has 0 saturated heterocycles. The molecule has 5 nitrogen and oxygen atoms in total. The van der Waals surface area contributed by atoms with Gasteiger partial charge in [-0.15, -0.1) is 11.3 Å². The molecule has 0 saturated carbocycles. The Balaban J connectivity index is 2.03. The van der Waals surface area contributed by atoms with Crippen molar-refractivity contribution in [2.24, 2.45) is 0 Å². The Labute approximate surface area is 113 Å². The first kappa shape index (κ1) is 11.7. The van der Waals surface area contributed by atoms with Gasteiger partial charge in [-0.2, -0.15) is 0 Å². The third-order valence-corrected chi connectivity index (χ3v) is 3.92. The number of hydrogen-bond acceptors (Lipinski definition) is 3. The van der Waals surface area contributed by atoms with Crippen LogP contribution in [0.5, 0.6) is 0 Å². The van der Waals surface area contributed by atoms with E-state index >= 15 is 0 Å². The van der Waals surface area contributed by atoms with E-state index in [2.05, 4.69) is 15.6 Å². The van der Waals surface area contributed by atoms with Crippen LogP contribution in [0.15, 0.2) is 24.4 Å². The average molecular weight is 273 g/mol. The Morgan fingerprint density at radius 1 is 1.47 bits per heavy atom. The fourth-order valence-electron chi connectivity index (χ4n) is 1.94. The van der Waals surface area contributed by atoms with Crippen LogP contribution in [0.1, 0.15) is 20.9 Å². The van der Waals surface area contributed by atoms with Gasteiger partial charge in [0.15, 0.2) is 0 Å². The maximum Gasteiger partial charge on any atom is 0.261 e. The molecule has 1 aliphatic rings. The summed E-state index contributed by atoms with van der Waals surface area (Å²) in [6, 6.07) is 5.49. The SMILES string of the molecule is CNC(=O)c1cc2c(s1)NC(=O)/C2=C/c1ccc[nH]1. The fraction of sp³-hybridized carbons (Fsp3) is 0.0769. The van der Waals surface area contributed by atoms with Crippen molar-refractivity contribution in [2.45, 2.75) is 0 Å². The maximum absolute atomic E-state index is 11.9. The molecule has 3 N–H and O–H groups in total. The van der Waals surface area contributed by atoms with Crippen LogP contribution in [0.25, 0.3) is 11.6 Å². The highest BCUT2D eigenvalue weighted by molar-refractivity contribution is 7.18. The van der Waals surface area contributed by atoms with Crippen LogP contribution in [-0.4, -0.2) is 23.8 Å². The lowest BCUT2D eigenvalue weighted by Gasteiger charge is -1.96. The number of aromatic amines is 1. The quantitative estimate of drug-likeness (QED) is 0.731. The number of carbonyl (C=O) groups is 2. The molecule has 1 aliphatic heterocycles. The summed E-state index contributed by atoms with van der Waals surface area (Å²) in [6.45, 7) is 0. The topological polar surface area (TPSA) is 74.0 Å². The minimum atomic E-state index is -0.145. The highest BCUT2D eigenvalue weighted by atomic mass is 32.1. The lowest BCUT2D eigenvalue weighted by atomic mass is 10.1. The lowest BCUT2D eigenvalue weighted by Crippen LogP contribution is -2.16. The monoisotopic (exact) mass is 273 g/mol. The highest BCUT2D eigenvalue weighted by Gasteiger charge is 2.28. The fourth-order valence-corrected chi connectivity index (χ4v) is 2.96. The molecule has 3 rings (SSSR count). The van der Waals surface area contributed by atoms with E-state index < -0.39 is 0 Å². The van der Waals surface area contributed by atoms with Crippen LogP contribution < -0.4 is 10.6 Å². The van der Waals surface area contributed by atoms with E-state index in [-0.39, 0.29) is 11.8 Å². The second-order valence-electron chi connectivity index (χ2n) is 4.07. The summed E-state index contributed by atoms with van der Waals surface area (Å²) >= 11 is 1.28. The molecule has 0 aromatic carbocycles. The maximum atomic E-state index is 11.9. The predicted octanol–water partition coefficient (Wildman–Crippen LogP) is 1.93. The molecule has 0 fully saturated rings. The van der Waals surface area contributed by atoms with Gasteiger partial charge in [-0.25, -0.2) is 0 Å². The van der Waals surface area contributed by atoms with E-state index in [1.165, 1.54) is 11.3 Å². The molecule has 2 aromatic rings. The number of hydrogen-bond donors (Lipinski definition) is 3. The molecular weight excluding hydrogens is 262 g/mol. The summed E-state index contributed by atoms with van der Waals surface area (Å²) in [5.74, 6) is -0.285. The van der Waals surface area contributed by atoms with Crippen molar-refractivity contribution in [1.82, 2.24) is 10.3 Å². The number of amides is 2. The Morgan fingerprint density at radius 2 is 2.32 bits per heavy atom. The van der Waals surface area contributed by atoms with E-state index in [0.29, 0.717) is 10.5 Å². The van der Waals surface area contributed by atoms with Crippen molar-refractivity contribution >= 4 is 39.8 Å². The zero-order valence-corrected chi connectivity index (χ0v) is 10.9. The van der Waals surface area contributed by atoms with Crippen molar-refractivity contribution in [3.63, 3.8) is 0 Å². The smallest absolute Gasteiger partial charge is 0.261 e. The number of fused-ring (bicyclic) bond motifs is 1. The number of thiophene rings is 1. The van der Waals surface area contributed by atoms with Crippen LogP contribution >= 0.6 is 11.3 Å². The Hall–Kier alpha value is -2.34. The van der Waals surface area contributed by atoms with E-state index in [1.807, 2.05) is 12.1 Å². The minimum absolute atomic E-state index is 0.140. The van der Waals surface area contributed by atoms with Gasteiger partial charge in [0.2, 0.25) is 0 Å². The number of nitrogens with one attached hydrogen (secondary N) is 3. The first-order valence-electron chi connectivity index (χ1n) is 5.72. The number of aromatic nitrogens is 1. The third-order valence-electron chi connectivity index (χ3n) is 2.87. The van der Waals surface area contributed by atoms with Crippen LogP contribution in [-0.2, 0) is 4.79 Å². The summed E-state index contributed by atoms with van der Waals surface area (Å²) in [4.78, 5) is 27.1. The lowest BCUT2D eigenvalue weighted by molar-refractivity contribution is -0.110. The largest absolute Gasteiger partial charge is 0.362 e. The second kappa shape index (κ2) is 4.40. The van der Waals surface area contributed by atoms with Gasteiger partial charge < -0.3 is 15.6 Å². The van der Waals surface area contributed by atoms with Gasteiger partial charge in [-0.05, 0) is 24.3 Å². The zero-order chi connectivity index (χ0) is 13.4. The standard InChI is InChI=1S/C13H11N3O2S/c1-14-12(18)10-6-9-8(5-7-3-2-4-15-7)11(17)16-13(9)19-10/h2-6,15H,1H3,(H,14,18)(H,16,17)/b8-5+. The van der Waals surface area contributed by atoms with Gasteiger partial charge in [0.05, 0.1) is 10.5 Å². The Morgan fingerprint density at radius 3 is 3.00 bits per heavy atom. The van der Waals surface area contributed by atoms with Gasteiger partial charge in [-0.3, -0.25) is 9.59 Å². The molecular formula is C13H11N3O2S. The van der Waals surface area contributed by atoms with Crippen molar-refractivity contribution in [3.05, 3.63) is 40.5 Å². The van der Waals surface area contributed by atoms with Crippen molar-refractivity contribution in [1.29, 1.82) is 0 Å². The van der Waals surface area contributed by atoms with E-state index in [9.17, 15) is 9.59 Å². The van der Waals surface area contributed by atoms with E-state index in [4.69, 9.17) is 0 Å². The van der Waals surface area contributed by atoms with Crippen molar-refractivity contribution in [3.8, 4) is 0 Å². The molecule has 0 atom stereocenters. The number of H-pyrrole nitrogens is 1. The molecule has 0 aliphatic carbocycles. The highest BCUT2D eigenvalue weighted by Crippen LogP contribution is 2.39. The van der Waals surface area contributed by atoms with Crippen LogP contribution in [0.2, 0.25) is 0 Å². The van der Waals surface area contributed by atoms with E-state index in [0.717, 1.165) is 16.3 Å². The van der Waals surface area contributed by atoms with Crippen LogP contribution in [0.3, 0.4) is 0 Å². The molecule has 0 radical (unpaired) electrons. The van der Waals surface area contributed by atoms with Gasteiger partial charge in [-0.1, -0.05) is 0 Å². The van der Waals surface area contributed by atoms with E-state index in [1.54, 1.807) is 25.4 Å². The molecule has 0 bridgehead atoms. The molecule has 0 spiro atoms. The zero-order valence-electron chi connectivity index (χ0n) is 10.1. The second-order valence-corrected chi connectivity index (χ2v) is 5.12. The number of carbonyl (C=O) groups excluding carboxylic acids is 2. The summed E-state index contributed by atoms with van der Waals surface area (Å²) in [6.07, 6.45) is 3.57. The summed E-state index contributed by atoms with van der Waals surface area (Å²) in [5.41, 5.74) is 2.21.